The van der Waals surface area contributed by atoms with E-state index in [9.17, 15) is 4.79 Å². The molecule has 100 valence electrons. The third-order valence-corrected chi connectivity index (χ3v) is 3.00. The van der Waals surface area contributed by atoms with Gasteiger partial charge < -0.3 is 11.1 Å². The standard InChI is InChI=1S/C14H21ClN2O/c1-9(2)7-13(16)14(18)17-10(3)11-5-4-6-12(15)8-11/h4-6,8-10,13H,7,16H2,1-3H3,(H,17,18)/t10-,13+/m0/s1. The van der Waals surface area contributed by atoms with Gasteiger partial charge in [0.25, 0.3) is 0 Å². The first-order chi connectivity index (χ1) is 8.40. The van der Waals surface area contributed by atoms with Crippen molar-refractivity contribution in [2.75, 3.05) is 0 Å². The van der Waals surface area contributed by atoms with Crippen molar-refractivity contribution in [2.24, 2.45) is 11.7 Å². The normalized spacial score (nSPS) is 14.3. The molecule has 0 aliphatic carbocycles. The van der Waals surface area contributed by atoms with Crippen molar-refractivity contribution in [3.63, 3.8) is 0 Å². The molecule has 0 bridgehead atoms. The van der Waals surface area contributed by atoms with E-state index in [1.807, 2.05) is 45.0 Å². The number of hydrogen-bond donors (Lipinski definition) is 2. The lowest BCUT2D eigenvalue weighted by Gasteiger charge is -2.19. The van der Waals surface area contributed by atoms with E-state index in [0.717, 1.165) is 5.56 Å². The quantitative estimate of drug-likeness (QED) is 0.863. The zero-order chi connectivity index (χ0) is 13.7. The predicted octanol–water partition coefficient (Wildman–Crippen LogP) is 2.89. The molecular formula is C14H21ClN2O. The summed E-state index contributed by atoms with van der Waals surface area (Å²) in [6.45, 7) is 6.02. The fourth-order valence-corrected chi connectivity index (χ4v) is 1.99. The van der Waals surface area contributed by atoms with Gasteiger partial charge in [0.2, 0.25) is 5.91 Å². The maximum Gasteiger partial charge on any atom is 0.237 e. The lowest BCUT2D eigenvalue weighted by molar-refractivity contribution is -0.123. The van der Waals surface area contributed by atoms with E-state index in [2.05, 4.69) is 5.32 Å². The Morgan fingerprint density at radius 2 is 2.06 bits per heavy atom. The number of halogens is 1. The second-order valence-corrected chi connectivity index (χ2v) is 5.46. The average Bonchev–Trinajstić information content (AvgIpc) is 2.27. The average molecular weight is 269 g/mol. The Hall–Kier alpha value is -1.06. The summed E-state index contributed by atoms with van der Waals surface area (Å²) in [4.78, 5) is 11.9. The van der Waals surface area contributed by atoms with E-state index >= 15 is 0 Å². The molecule has 1 aromatic rings. The van der Waals surface area contributed by atoms with Gasteiger partial charge >= 0.3 is 0 Å². The second kappa shape index (κ2) is 6.76. The van der Waals surface area contributed by atoms with Gasteiger partial charge in [-0.25, -0.2) is 0 Å². The van der Waals surface area contributed by atoms with E-state index in [1.165, 1.54) is 0 Å². The third kappa shape index (κ3) is 4.67. The first-order valence-corrected chi connectivity index (χ1v) is 6.59. The lowest BCUT2D eigenvalue weighted by Crippen LogP contribution is -2.42. The highest BCUT2D eigenvalue weighted by Crippen LogP contribution is 2.17. The summed E-state index contributed by atoms with van der Waals surface area (Å²) in [5.41, 5.74) is 6.82. The van der Waals surface area contributed by atoms with Crippen molar-refractivity contribution in [3.8, 4) is 0 Å². The number of carbonyl (C=O) groups is 1. The van der Waals surface area contributed by atoms with Crippen molar-refractivity contribution in [1.29, 1.82) is 0 Å². The minimum Gasteiger partial charge on any atom is -0.348 e. The minimum absolute atomic E-state index is 0.0885. The van der Waals surface area contributed by atoms with Crippen LogP contribution in [0.25, 0.3) is 0 Å². The number of amides is 1. The van der Waals surface area contributed by atoms with Gasteiger partial charge in [-0.15, -0.1) is 0 Å². The summed E-state index contributed by atoms with van der Waals surface area (Å²) >= 11 is 5.92. The lowest BCUT2D eigenvalue weighted by atomic mass is 10.0. The van der Waals surface area contributed by atoms with Crippen molar-refractivity contribution in [3.05, 3.63) is 34.9 Å². The number of nitrogens with one attached hydrogen (secondary N) is 1. The summed E-state index contributed by atoms with van der Waals surface area (Å²) in [5, 5.41) is 3.57. The zero-order valence-corrected chi connectivity index (χ0v) is 11.9. The van der Waals surface area contributed by atoms with E-state index in [1.54, 1.807) is 0 Å². The Morgan fingerprint density at radius 3 is 2.61 bits per heavy atom. The Balaban J connectivity index is 2.59. The molecule has 4 heteroatoms. The first kappa shape index (κ1) is 15.0. The van der Waals surface area contributed by atoms with Crippen molar-refractivity contribution in [1.82, 2.24) is 5.32 Å². The van der Waals surface area contributed by atoms with E-state index in [0.29, 0.717) is 17.4 Å². The number of rotatable bonds is 5. The van der Waals surface area contributed by atoms with Gasteiger partial charge in [0.05, 0.1) is 12.1 Å². The highest BCUT2D eigenvalue weighted by Gasteiger charge is 2.17. The van der Waals surface area contributed by atoms with Gasteiger partial charge in [-0.2, -0.15) is 0 Å². The molecule has 0 heterocycles. The van der Waals surface area contributed by atoms with Gasteiger partial charge in [0, 0.05) is 5.02 Å². The van der Waals surface area contributed by atoms with Gasteiger partial charge in [-0.05, 0) is 37.0 Å². The maximum atomic E-state index is 11.9. The molecule has 0 saturated carbocycles. The van der Waals surface area contributed by atoms with Crippen LogP contribution in [0.1, 0.15) is 38.8 Å². The Morgan fingerprint density at radius 1 is 1.39 bits per heavy atom. The van der Waals surface area contributed by atoms with Gasteiger partial charge in [-0.1, -0.05) is 37.6 Å². The van der Waals surface area contributed by atoms with Crippen LogP contribution in [0, 0.1) is 5.92 Å². The van der Waals surface area contributed by atoms with E-state index in [4.69, 9.17) is 17.3 Å². The van der Waals surface area contributed by atoms with Crippen molar-refractivity contribution in [2.45, 2.75) is 39.3 Å². The maximum absolute atomic E-state index is 11.9. The summed E-state index contributed by atoms with van der Waals surface area (Å²) in [6.07, 6.45) is 0.689. The largest absolute Gasteiger partial charge is 0.348 e. The molecule has 2 atom stereocenters. The molecule has 1 rings (SSSR count). The molecule has 0 unspecified atom stereocenters. The third-order valence-electron chi connectivity index (χ3n) is 2.77. The topological polar surface area (TPSA) is 55.1 Å². The van der Waals surface area contributed by atoms with Crippen LogP contribution in [0.4, 0.5) is 0 Å². The smallest absolute Gasteiger partial charge is 0.237 e. The molecule has 1 amide bonds. The minimum atomic E-state index is -0.452. The van der Waals surface area contributed by atoms with Gasteiger partial charge in [-0.3, -0.25) is 4.79 Å². The number of carbonyl (C=O) groups excluding carboxylic acids is 1. The van der Waals surface area contributed by atoms with Crippen LogP contribution in [-0.4, -0.2) is 11.9 Å². The molecule has 0 saturated heterocycles. The van der Waals surface area contributed by atoms with Crippen molar-refractivity contribution >= 4 is 17.5 Å². The van der Waals surface area contributed by atoms with Gasteiger partial charge in [0.15, 0.2) is 0 Å². The molecule has 1 aromatic carbocycles. The highest BCUT2D eigenvalue weighted by molar-refractivity contribution is 6.30. The summed E-state index contributed by atoms with van der Waals surface area (Å²) in [5.74, 6) is 0.295. The second-order valence-electron chi connectivity index (χ2n) is 5.02. The zero-order valence-electron chi connectivity index (χ0n) is 11.1. The molecular weight excluding hydrogens is 248 g/mol. The number of nitrogens with two attached hydrogens (primary N) is 1. The monoisotopic (exact) mass is 268 g/mol. The van der Waals surface area contributed by atoms with Crippen LogP contribution in [0.3, 0.4) is 0 Å². The molecule has 0 fully saturated rings. The van der Waals surface area contributed by atoms with E-state index < -0.39 is 6.04 Å². The predicted molar refractivity (Wildman–Crippen MR) is 75.4 cm³/mol. The molecule has 0 aromatic heterocycles. The van der Waals surface area contributed by atoms with Crippen LogP contribution in [0.5, 0.6) is 0 Å². The Bertz CT molecular complexity index is 407. The highest BCUT2D eigenvalue weighted by atomic mass is 35.5. The fourth-order valence-electron chi connectivity index (χ4n) is 1.79. The first-order valence-electron chi connectivity index (χ1n) is 6.21. The van der Waals surface area contributed by atoms with Gasteiger partial charge in [0.1, 0.15) is 0 Å². The summed E-state index contributed by atoms with van der Waals surface area (Å²) in [6, 6.07) is 6.92. The van der Waals surface area contributed by atoms with Crippen LogP contribution in [0.15, 0.2) is 24.3 Å². The molecule has 0 aliphatic rings. The van der Waals surface area contributed by atoms with Crippen LogP contribution >= 0.6 is 11.6 Å². The molecule has 3 nitrogen and oxygen atoms in total. The Labute approximate surface area is 114 Å². The summed E-state index contributed by atoms with van der Waals surface area (Å²) in [7, 11) is 0. The van der Waals surface area contributed by atoms with Crippen molar-refractivity contribution < 1.29 is 4.79 Å². The molecule has 0 aliphatic heterocycles. The molecule has 18 heavy (non-hydrogen) atoms. The van der Waals surface area contributed by atoms with Crippen LogP contribution in [-0.2, 0) is 4.79 Å². The van der Waals surface area contributed by atoms with Crippen LogP contribution < -0.4 is 11.1 Å². The number of benzene rings is 1. The summed E-state index contributed by atoms with van der Waals surface area (Å²) < 4.78 is 0. The molecule has 0 radical (unpaired) electrons. The number of hydrogen-bond acceptors (Lipinski definition) is 2. The Kier molecular flexibility index (Phi) is 5.63. The molecule has 3 N–H and O–H groups in total. The molecule has 0 spiro atoms. The SMILES string of the molecule is CC(C)C[C@@H](N)C(=O)N[C@@H](C)c1cccc(Cl)c1. The van der Waals surface area contributed by atoms with E-state index in [-0.39, 0.29) is 11.9 Å². The fraction of sp³-hybridized carbons (Fsp3) is 0.500. The van der Waals surface area contributed by atoms with Crippen LogP contribution in [0.2, 0.25) is 5.02 Å².